The third-order valence-corrected chi connectivity index (χ3v) is 4.25. The Kier molecular flexibility index (Phi) is 6.16. The van der Waals surface area contributed by atoms with Gasteiger partial charge in [0.05, 0.1) is 13.2 Å². The quantitative estimate of drug-likeness (QED) is 0.647. The fraction of sp³-hybridized carbons (Fsp3) is 0.909. The van der Waals surface area contributed by atoms with Crippen molar-refractivity contribution in [3.63, 3.8) is 0 Å². The standard InChI is InChI=1S/C11H22N2O2S/c1-11(4-3-7-16-11)9-12-8-10(14)13-5-6-15-2/h12H,3-9H2,1-2H3,(H,13,14). The van der Waals surface area contributed by atoms with Crippen molar-refractivity contribution in [3.8, 4) is 0 Å². The van der Waals surface area contributed by atoms with Crippen LogP contribution in [-0.2, 0) is 9.53 Å². The molecular weight excluding hydrogens is 224 g/mol. The molecular formula is C11H22N2O2S. The highest BCUT2D eigenvalue weighted by atomic mass is 32.2. The van der Waals surface area contributed by atoms with Gasteiger partial charge < -0.3 is 15.4 Å². The second-order valence-corrected chi connectivity index (χ2v) is 6.03. The molecule has 1 aliphatic heterocycles. The molecule has 0 aromatic carbocycles. The summed E-state index contributed by atoms with van der Waals surface area (Å²) < 4.78 is 5.18. The SMILES string of the molecule is COCCNC(=O)CNCC1(C)CCCS1. The van der Waals surface area contributed by atoms with Gasteiger partial charge in [0.1, 0.15) is 0 Å². The summed E-state index contributed by atoms with van der Waals surface area (Å²) in [6.45, 7) is 4.73. The first kappa shape index (κ1) is 13.8. The zero-order valence-corrected chi connectivity index (χ0v) is 11.0. The summed E-state index contributed by atoms with van der Waals surface area (Å²) >= 11 is 2.00. The fourth-order valence-electron chi connectivity index (χ4n) is 1.77. The van der Waals surface area contributed by atoms with E-state index in [4.69, 9.17) is 4.74 Å². The van der Waals surface area contributed by atoms with E-state index in [-0.39, 0.29) is 5.91 Å². The minimum Gasteiger partial charge on any atom is -0.383 e. The zero-order valence-electron chi connectivity index (χ0n) is 10.2. The van der Waals surface area contributed by atoms with Crippen LogP contribution in [0.4, 0.5) is 0 Å². The Labute approximate surface area is 102 Å². The van der Waals surface area contributed by atoms with Gasteiger partial charge >= 0.3 is 0 Å². The van der Waals surface area contributed by atoms with Crippen LogP contribution < -0.4 is 10.6 Å². The summed E-state index contributed by atoms with van der Waals surface area (Å²) in [6.07, 6.45) is 2.54. The van der Waals surface area contributed by atoms with Crippen molar-refractivity contribution in [2.24, 2.45) is 0 Å². The maximum absolute atomic E-state index is 11.4. The molecule has 1 fully saturated rings. The number of thioether (sulfide) groups is 1. The Morgan fingerprint density at radius 1 is 1.56 bits per heavy atom. The molecule has 0 aliphatic carbocycles. The molecule has 0 spiro atoms. The number of amides is 1. The van der Waals surface area contributed by atoms with Crippen LogP contribution in [0.25, 0.3) is 0 Å². The predicted octanol–water partition coefficient (Wildman–Crippen LogP) is 0.624. The molecule has 4 nitrogen and oxygen atoms in total. The molecule has 1 saturated heterocycles. The van der Waals surface area contributed by atoms with Crippen LogP contribution in [0.5, 0.6) is 0 Å². The predicted molar refractivity (Wildman–Crippen MR) is 67.9 cm³/mol. The lowest BCUT2D eigenvalue weighted by Crippen LogP contribution is -2.40. The van der Waals surface area contributed by atoms with Crippen LogP contribution in [-0.4, -0.2) is 49.8 Å². The van der Waals surface area contributed by atoms with Gasteiger partial charge in [-0.15, -0.1) is 0 Å². The van der Waals surface area contributed by atoms with Crippen molar-refractivity contribution >= 4 is 17.7 Å². The summed E-state index contributed by atoms with van der Waals surface area (Å²) in [4.78, 5) is 11.4. The molecule has 1 rings (SSSR count). The molecule has 16 heavy (non-hydrogen) atoms. The largest absolute Gasteiger partial charge is 0.383 e. The minimum atomic E-state index is 0.0450. The topological polar surface area (TPSA) is 50.4 Å². The molecule has 0 radical (unpaired) electrons. The molecule has 94 valence electrons. The Morgan fingerprint density at radius 3 is 3.00 bits per heavy atom. The van der Waals surface area contributed by atoms with E-state index < -0.39 is 0 Å². The van der Waals surface area contributed by atoms with Crippen LogP contribution in [0, 0.1) is 0 Å². The van der Waals surface area contributed by atoms with Gasteiger partial charge in [-0.2, -0.15) is 11.8 Å². The van der Waals surface area contributed by atoms with E-state index in [1.54, 1.807) is 7.11 Å². The Hall–Kier alpha value is -0.260. The molecule has 1 amide bonds. The van der Waals surface area contributed by atoms with Crippen molar-refractivity contribution in [3.05, 3.63) is 0 Å². The van der Waals surface area contributed by atoms with Crippen LogP contribution in [0.1, 0.15) is 19.8 Å². The molecule has 1 unspecified atom stereocenters. The van der Waals surface area contributed by atoms with Crippen LogP contribution in [0.15, 0.2) is 0 Å². The molecule has 0 bridgehead atoms. The van der Waals surface area contributed by atoms with E-state index >= 15 is 0 Å². The van der Waals surface area contributed by atoms with Gasteiger partial charge in [-0.1, -0.05) is 0 Å². The zero-order chi connectivity index (χ0) is 11.9. The molecule has 5 heteroatoms. The van der Waals surface area contributed by atoms with Gasteiger partial charge in [-0.25, -0.2) is 0 Å². The van der Waals surface area contributed by atoms with E-state index in [1.165, 1.54) is 18.6 Å². The summed E-state index contributed by atoms with van der Waals surface area (Å²) in [7, 11) is 1.63. The molecule has 1 aliphatic rings. The monoisotopic (exact) mass is 246 g/mol. The maximum atomic E-state index is 11.4. The Morgan fingerprint density at radius 2 is 2.38 bits per heavy atom. The van der Waals surface area contributed by atoms with Gasteiger partial charge in [0.25, 0.3) is 0 Å². The van der Waals surface area contributed by atoms with E-state index in [1.807, 2.05) is 11.8 Å². The number of nitrogens with one attached hydrogen (secondary N) is 2. The first-order valence-electron chi connectivity index (χ1n) is 5.77. The number of carbonyl (C=O) groups excluding carboxylic acids is 1. The lowest BCUT2D eigenvalue weighted by atomic mass is 10.1. The Balaban J connectivity index is 2.03. The van der Waals surface area contributed by atoms with Gasteiger partial charge in [0, 0.05) is 24.9 Å². The normalized spacial score (nSPS) is 24.6. The summed E-state index contributed by atoms with van der Waals surface area (Å²) in [6, 6.07) is 0. The van der Waals surface area contributed by atoms with Gasteiger partial charge in [-0.3, -0.25) is 4.79 Å². The first-order valence-corrected chi connectivity index (χ1v) is 6.75. The molecule has 1 heterocycles. The van der Waals surface area contributed by atoms with Crippen LogP contribution in [0.2, 0.25) is 0 Å². The molecule has 0 saturated carbocycles. The van der Waals surface area contributed by atoms with Crippen molar-refractivity contribution in [2.45, 2.75) is 24.5 Å². The van der Waals surface area contributed by atoms with E-state index in [9.17, 15) is 4.79 Å². The van der Waals surface area contributed by atoms with Gasteiger partial charge in [0.2, 0.25) is 5.91 Å². The summed E-state index contributed by atoms with van der Waals surface area (Å²) in [5.74, 6) is 1.29. The number of carbonyl (C=O) groups is 1. The molecule has 0 aromatic rings. The number of rotatable bonds is 7. The lowest BCUT2D eigenvalue weighted by Gasteiger charge is -2.22. The molecule has 2 N–H and O–H groups in total. The van der Waals surface area contributed by atoms with E-state index in [2.05, 4.69) is 17.6 Å². The number of ether oxygens (including phenoxy) is 1. The summed E-state index contributed by atoms with van der Waals surface area (Å²) in [5.41, 5.74) is 0. The van der Waals surface area contributed by atoms with Crippen molar-refractivity contribution < 1.29 is 9.53 Å². The minimum absolute atomic E-state index is 0.0450. The Bertz CT molecular complexity index is 218. The third-order valence-electron chi connectivity index (χ3n) is 2.71. The van der Waals surface area contributed by atoms with Crippen molar-refractivity contribution in [2.75, 3.05) is 39.1 Å². The number of methoxy groups -OCH3 is 1. The van der Waals surface area contributed by atoms with Crippen molar-refractivity contribution in [1.29, 1.82) is 0 Å². The lowest BCUT2D eigenvalue weighted by molar-refractivity contribution is -0.120. The third kappa shape index (κ3) is 5.18. The smallest absolute Gasteiger partial charge is 0.234 e. The van der Waals surface area contributed by atoms with Crippen molar-refractivity contribution in [1.82, 2.24) is 10.6 Å². The maximum Gasteiger partial charge on any atom is 0.234 e. The highest BCUT2D eigenvalue weighted by Gasteiger charge is 2.28. The fourth-order valence-corrected chi connectivity index (χ4v) is 3.05. The number of hydrogen-bond acceptors (Lipinski definition) is 4. The van der Waals surface area contributed by atoms with Gasteiger partial charge in [-0.05, 0) is 25.5 Å². The second kappa shape index (κ2) is 7.14. The van der Waals surface area contributed by atoms with E-state index in [0.717, 1.165) is 6.54 Å². The highest BCUT2D eigenvalue weighted by molar-refractivity contribution is 8.00. The average molecular weight is 246 g/mol. The second-order valence-electron chi connectivity index (χ2n) is 4.35. The van der Waals surface area contributed by atoms with E-state index in [0.29, 0.717) is 24.4 Å². The highest BCUT2D eigenvalue weighted by Crippen LogP contribution is 2.36. The number of hydrogen-bond donors (Lipinski definition) is 2. The van der Waals surface area contributed by atoms with Crippen LogP contribution >= 0.6 is 11.8 Å². The van der Waals surface area contributed by atoms with Gasteiger partial charge in [0.15, 0.2) is 0 Å². The summed E-state index contributed by atoms with van der Waals surface area (Å²) in [5, 5.41) is 6.01. The first-order chi connectivity index (χ1) is 7.66. The molecule has 0 aromatic heterocycles. The average Bonchev–Trinajstić information content (AvgIpc) is 2.66. The molecule has 1 atom stereocenters. The van der Waals surface area contributed by atoms with Crippen LogP contribution in [0.3, 0.4) is 0 Å².